The Hall–Kier alpha value is -0.770. The molecule has 21 heavy (non-hydrogen) atoms. The maximum atomic E-state index is 12.4. The van der Waals surface area contributed by atoms with Crippen LogP contribution in [0.2, 0.25) is 5.02 Å². The predicted octanol–water partition coefficient (Wildman–Crippen LogP) is 3.05. The fraction of sp³-hybridized carbons (Fsp3) is 0.562. The van der Waals surface area contributed by atoms with Gasteiger partial charge < -0.3 is 10.2 Å². The summed E-state index contributed by atoms with van der Waals surface area (Å²) in [6, 6.07) is 9.17. The number of halogens is 2. The van der Waals surface area contributed by atoms with Gasteiger partial charge in [-0.05, 0) is 43.4 Å². The molecule has 1 N–H and O–H groups in total. The Morgan fingerprint density at radius 2 is 1.81 bits per heavy atom. The second kappa shape index (κ2) is 6.99. The zero-order valence-corrected chi connectivity index (χ0v) is 13.8. The fourth-order valence-electron chi connectivity index (χ4n) is 3.45. The number of rotatable bonds is 3. The SMILES string of the molecule is CN(C(=O)Cc1ccc(Cl)cc1)C1CC2CCC(C1)N2.Cl. The van der Waals surface area contributed by atoms with E-state index in [2.05, 4.69) is 5.32 Å². The van der Waals surface area contributed by atoms with Gasteiger partial charge in [0.05, 0.1) is 6.42 Å². The van der Waals surface area contributed by atoms with Crippen molar-refractivity contribution in [2.45, 2.75) is 50.2 Å². The fourth-order valence-corrected chi connectivity index (χ4v) is 3.57. The van der Waals surface area contributed by atoms with Crippen molar-refractivity contribution in [3.05, 3.63) is 34.9 Å². The minimum atomic E-state index is 0. The summed E-state index contributed by atoms with van der Waals surface area (Å²) < 4.78 is 0. The lowest BCUT2D eigenvalue weighted by atomic mass is 9.98. The number of benzene rings is 1. The monoisotopic (exact) mass is 328 g/mol. The van der Waals surface area contributed by atoms with Gasteiger partial charge >= 0.3 is 0 Å². The molecule has 1 amide bonds. The first-order valence-corrected chi connectivity index (χ1v) is 7.76. The summed E-state index contributed by atoms with van der Waals surface area (Å²) in [4.78, 5) is 14.4. The lowest BCUT2D eigenvalue weighted by molar-refractivity contribution is -0.131. The molecule has 0 aliphatic carbocycles. The van der Waals surface area contributed by atoms with E-state index in [9.17, 15) is 4.79 Å². The van der Waals surface area contributed by atoms with Gasteiger partial charge in [0.25, 0.3) is 0 Å². The van der Waals surface area contributed by atoms with Crippen LogP contribution in [0.3, 0.4) is 0 Å². The summed E-state index contributed by atoms with van der Waals surface area (Å²) in [5, 5.41) is 4.33. The van der Waals surface area contributed by atoms with Crippen LogP contribution in [0.5, 0.6) is 0 Å². The molecular weight excluding hydrogens is 307 g/mol. The summed E-state index contributed by atoms with van der Waals surface area (Å²) in [5.74, 6) is 0.207. The first kappa shape index (κ1) is 16.6. The zero-order chi connectivity index (χ0) is 14.1. The van der Waals surface area contributed by atoms with Gasteiger partial charge in [-0.1, -0.05) is 23.7 Å². The van der Waals surface area contributed by atoms with Crippen molar-refractivity contribution < 1.29 is 4.79 Å². The normalized spacial score (nSPS) is 27.0. The first-order chi connectivity index (χ1) is 9.61. The number of amides is 1. The number of nitrogens with one attached hydrogen (secondary N) is 1. The Kier molecular flexibility index (Phi) is 5.53. The van der Waals surface area contributed by atoms with Crippen molar-refractivity contribution in [3.63, 3.8) is 0 Å². The van der Waals surface area contributed by atoms with Gasteiger partial charge in [-0.15, -0.1) is 12.4 Å². The maximum Gasteiger partial charge on any atom is 0.226 e. The van der Waals surface area contributed by atoms with E-state index in [0.29, 0.717) is 29.6 Å². The third-order valence-electron chi connectivity index (χ3n) is 4.66. The van der Waals surface area contributed by atoms with E-state index in [1.807, 2.05) is 36.2 Å². The number of carbonyl (C=O) groups excluding carboxylic acids is 1. The molecule has 2 atom stereocenters. The molecule has 1 aromatic rings. The summed E-state index contributed by atoms with van der Waals surface area (Å²) in [5.41, 5.74) is 1.03. The van der Waals surface area contributed by atoms with Crippen LogP contribution < -0.4 is 5.32 Å². The van der Waals surface area contributed by atoms with Gasteiger partial charge in [0.2, 0.25) is 5.91 Å². The quantitative estimate of drug-likeness (QED) is 0.924. The van der Waals surface area contributed by atoms with Crippen LogP contribution in [0.4, 0.5) is 0 Å². The van der Waals surface area contributed by atoms with Crippen LogP contribution in [-0.4, -0.2) is 36.0 Å². The first-order valence-electron chi connectivity index (χ1n) is 7.38. The van der Waals surface area contributed by atoms with Gasteiger partial charge in [-0.2, -0.15) is 0 Å². The molecule has 116 valence electrons. The van der Waals surface area contributed by atoms with Gasteiger partial charge in [-0.25, -0.2) is 0 Å². The van der Waals surface area contributed by atoms with E-state index >= 15 is 0 Å². The average molecular weight is 329 g/mol. The molecule has 2 unspecified atom stereocenters. The van der Waals surface area contributed by atoms with Crippen LogP contribution in [0.1, 0.15) is 31.2 Å². The zero-order valence-electron chi connectivity index (χ0n) is 12.2. The van der Waals surface area contributed by atoms with Crippen molar-refractivity contribution in [1.29, 1.82) is 0 Å². The Labute approximate surface area is 137 Å². The number of piperidine rings is 1. The highest BCUT2D eigenvalue weighted by Gasteiger charge is 2.36. The number of nitrogens with zero attached hydrogens (tertiary/aromatic N) is 1. The highest BCUT2D eigenvalue weighted by molar-refractivity contribution is 6.30. The maximum absolute atomic E-state index is 12.4. The molecule has 1 aromatic carbocycles. The Bertz CT molecular complexity index is 480. The minimum absolute atomic E-state index is 0. The highest BCUT2D eigenvalue weighted by atomic mass is 35.5. The van der Waals surface area contributed by atoms with Gasteiger partial charge in [-0.3, -0.25) is 4.79 Å². The van der Waals surface area contributed by atoms with Crippen molar-refractivity contribution in [2.75, 3.05) is 7.05 Å². The number of hydrogen-bond acceptors (Lipinski definition) is 2. The standard InChI is InChI=1S/C16H21ClN2O.ClH/c1-19(15-9-13-6-7-14(10-15)18-13)16(20)8-11-2-4-12(17)5-3-11;/h2-5,13-15,18H,6-10H2,1H3;1H. The number of carbonyl (C=O) groups is 1. The van der Waals surface area contributed by atoms with Crippen molar-refractivity contribution >= 4 is 29.9 Å². The molecule has 3 nitrogen and oxygen atoms in total. The van der Waals surface area contributed by atoms with Crippen LogP contribution in [0.25, 0.3) is 0 Å². The van der Waals surface area contributed by atoms with Crippen LogP contribution >= 0.6 is 24.0 Å². The summed E-state index contributed by atoms with van der Waals surface area (Å²) in [6.45, 7) is 0. The molecule has 3 rings (SSSR count). The molecule has 0 saturated carbocycles. The van der Waals surface area contributed by atoms with Crippen molar-refractivity contribution in [1.82, 2.24) is 10.2 Å². The molecule has 2 aliphatic heterocycles. The third-order valence-corrected chi connectivity index (χ3v) is 4.91. The average Bonchev–Trinajstić information content (AvgIpc) is 2.79. The van der Waals surface area contributed by atoms with E-state index in [-0.39, 0.29) is 18.3 Å². The van der Waals surface area contributed by atoms with Crippen LogP contribution in [0.15, 0.2) is 24.3 Å². The third kappa shape index (κ3) is 3.91. The molecule has 2 fully saturated rings. The van der Waals surface area contributed by atoms with E-state index in [1.165, 1.54) is 12.8 Å². The Balaban J connectivity index is 0.00000161. The molecule has 0 radical (unpaired) electrons. The highest BCUT2D eigenvalue weighted by Crippen LogP contribution is 2.29. The largest absolute Gasteiger partial charge is 0.342 e. The number of likely N-dealkylation sites (N-methyl/N-ethyl adjacent to an activating group) is 1. The summed E-state index contributed by atoms with van der Waals surface area (Å²) in [6.07, 6.45) is 5.19. The lowest BCUT2D eigenvalue weighted by Gasteiger charge is -2.35. The van der Waals surface area contributed by atoms with Crippen molar-refractivity contribution in [2.24, 2.45) is 0 Å². The van der Waals surface area contributed by atoms with Gasteiger partial charge in [0.1, 0.15) is 0 Å². The van der Waals surface area contributed by atoms with E-state index in [4.69, 9.17) is 11.6 Å². The molecule has 2 saturated heterocycles. The molecule has 0 spiro atoms. The molecule has 0 aromatic heterocycles. The smallest absolute Gasteiger partial charge is 0.226 e. The van der Waals surface area contributed by atoms with Crippen molar-refractivity contribution in [3.8, 4) is 0 Å². The Morgan fingerprint density at radius 1 is 1.24 bits per heavy atom. The molecular formula is C16H22Cl2N2O. The molecule has 2 aliphatic rings. The lowest BCUT2D eigenvalue weighted by Crippen LogP contribution is -2.49. The molecule has 2 bridgehead atoms. The van der Waals surface area contributed by atoms with E-state index in [0.717, 1.165) is 18.4 Å². The number of hydrogen-bond donors (Lipinski definition) is 1. The second-order valence-electron chi connectivity index (χ2n) is 6.07. The van der Waals surface area contributed by atoms with Gasteiger partial charge in [0.15, 0.2) is 0 Å². The van der Waals surface area contributed by atoms with E-state index < -0.39 is 0 Å². The van der Waals surface area contributed by atoms with E-state index in [1.54, 1.807) is 0 Å². The minimum Gasteiger partial charge on any atom is -0.342 e. The second-order valence-corrected chi connectivity index (χ2v) is 6.51. The van der Waals surface area contributed by atoms with Crippen LogP contribution in [-0.2, 0) is 11.2 Å². The molecule has 2 heterocycles. The topological polar surface area (TPSA) is 32.3 Å². The summed E-state index contributed by atoms with van der Waals surface area (Å²) >= 11 is 5.87. The summed E-state index contributed by atoms with van der Waals surface area (Å²) in [7, 11) is 1.95. The van der Waals surface area contributed by atoms with Gasteiger partial charge in [0, 0.05) is 30.2 Å². The number of fused-ring (bicyclic) bond motifs is 2. The van der Waals surface area contributed by atoms with Crippen LogP contribution in [0, 0.1) is 0 Å². The predicted molar refractivity (Wildman–Crippen MR) is 88.1 cm³/mol. The molecule has 5 heteroatoms. The Morgan fingerprint density at radius 3 is 2.38 bits per heavy atom.